The van der Waals surface area contributed by atoms with Crippen LogP contribution in [0.1, 0.15) is 11.4 Å². The van der Waals surface area contributed by atoms with Crippen molar-refractivity contribution in [2.24, 2.45) is 0 Å². The lowest BCUT2D eigenvalue weighted by atomic mass is 10.2. The van der Waals surface area contributed by atoms with Crippen LogP contribution >= 0.6 is 0 Å². The third-order valence-corrected chi connectivity index (χ3v) is 7.01. The van der Waals surface area contributed by atoms with E-state index in [0.29, 0.717) is 43.6 Å². The van der Waals surface area contributed by atoms with Gasteiger partial charge in [-0.3, -0.25) is 0 Å². The predicted octanol–water partition coefficient (Wildman–Crippen LogP) is 1.80. The quantitative estimate of drug-likeness (QED) is 0.612. The highest BCUT2D eigenvalue weighted by atomic mass is 32.2. The van der Waals surface area contributed by atoms with E-state index in [2.05, 4.69) is 20.0 Å². The van der Waals surface area contributed by atoms with Crippen LogP contribution in [0.25, 0.3) is 5.82 Å². The molecule has 1 aliphatic heterocycles. The second-order valence-corrected chi connectivity index (χ2v) is 9.04. The van der Waals surface area contributed by atoms with Crippen molar-refractivity contribution in [1.29, 1.82) is 0 Å². The topological polar surface area (TPSA) is 93.5 Å². The molecule has 0 aliphatic carbocycles. The average Bonchev–Trinajstić information content (AvgIpc) is 3.28. The number of aryl methyl sites for hydroxylation is 2. The van der Waals surface area contributed by atoms with Crippen molar-refractivity contribution >= 4 is 15.8 Å². The molecule has 2 aromatic heterocycles. The first kappa shape index (κ1) is 20.3. The summed E-state index contributed by atoms with van der Waals surface area (Å²) in [5.41, 5.74) is 0.792. The summed E-state index contributed by atoms with van der Waals surface area (Å²) in [4.78, 5) is 11.3. The summed E-state index contributed by atoms with van der Waals surface area (Å²) in [6.45, 7) is 5.53. The van der Waals surface area contributed by atoms with Crippen molar-refractivity contribution in [2.75, 3.05) is 38.2 Å². The Kier molecular flexibility index (Phi) is 5.44. The zero-order valence-corrected chi connectivity index (χ0v) is 18.0. The molecule has 3 heterocycles. The second kappa shape index (κ2) is 8.04. The van der Waals surface area contributed by atoms with Gasteiger partial charge in [0.05, 0.1) is 12.0 Å². The fourth-order valence-corrected chi connectivity index (χ4v) is 5.05. The van der Waals surface area contributed by atoms with E-state index in [0.717, 1.165) is 11.4 Å². The van der Waals surface area contributed by atoms with E-state index in [1.54, 1.807) is 36.2 Å². The summed E-state index contributed by atoms with van der Waals surface area (Å²) in [5.74, 6) is 2.77. The van der Waals surface area contributed by atoms with Crippen LogP contribution in [0.15, 0.2) is 47.6 Å². The Morgan fingerprint density at radius 3 is 2.37 bits per heavy atom. The zero-order valence-electron chi connectivity index (χ0n) is 17.2. The van der Waals surface area contributed by atoms with E-state index >= 15 is 0 Å². The third-order valence-electron chi connectivity index (χ3n) is 5.12. The van der Waals surface area contributed by atoms with Crippen LogP contribution in [0.2, 0.25) is 0 Å². The maximum Gasteiger partial charge on any atom is 0.243 e. The van der Waals surface area contributed by atoms with Crippen LogP contribution in [-0.2, 0) is 10.0 Å². The average molecular weight is 429 g/mol. The molecule has 1 saturated heterocycles. The number of aromatic nitrogens is 4. The molecule has 0 spiro atoms. The monoisotopic (exact) mass is 428 g/mol. The minimum Gasteiger partial charge on any atom is -0.496 e. The molecule has 0 unspecified atom stereocenters. The first-order chi connectivity index (χ1) is 14.4. The van der Waals surface area contributed by atoms with Crippen molar-refractivity contribution in [3.05, 3.63) is 54.1 Å². The molecule has 9 nitrogen and oxygen atoms in total. The molecule has 0 atom stereocenters. The van der Waals surface area contributed by atoms with E-state index in [1.165, 1.54) is 4.31 Å². The minimum atomic E-state index is -3.56. The Balaban J connectivity index is 1.51. The van der Waals surface area contributed by atoms with Gasteiger partial charge in [-0.05, 0) is 43.7 Å². The van der Waals surface area contributed by atoms with Gasteiger partial charge in [0, 0.05) is 44.6 Å². The smallest absolute Gasteiger partial charge is 0.243 e. The number of hydrogen-bond acceptors (Lipinski definition) is 7. The largest absolute Gasteiger partial charge is 0.496 e. The maximum atomic E-state index is 13.1. The van der Waals surface area contributed by atoms with Crippen LogP contribution in [0, 0.1) is 13.8 Å². The Labute approximate surface area is 176 Å². The molecular weight excluding hydrogens is 404 g/mol. The predicted molar refractivity (Wildman–Crippen MR) is 113 cm³/mol. The van der Waals surface area contributed by atoms with Crippen LogP contribution in [-0.4, -0.2) is 65.8 Å². The van der Waals surface area contributed by atoms with Gasteiger partial charge in [-0.15, -0.1) is 0 Å². The van der Waals surface area contributed by atoms with E-state index in [1.807, 2.05) is 32.2 Å². The van der Waals surface area contributed by atoms with Crippen LogP contribution in [0.5, 0.6) is 5.75 Å². The summed E-state index contributed by atoms with van der Waals surface area (Å²) in [5, 5.41) is 4.22. The van der Waals surface area contributed by atoms with Gasteiger partial charge in [-0.2, -0.15) is 9.40 Å². The lowest BCUT2D eigenvalue weighted by Gasteiger charge is -2.34. The van der Waals surface area contributed by atoms with E-state index < -0.39 is 10.0 Å². The minimum absolute atomic E-state index is 0.285. The van der Waals surface area contributed by atoms with Crippen LogP contribution < -0.4 is 9.64 Å². The lowest BCUT2D eigenvalue weighted by Crippen LogP contribution is -2.49. The Morgan fingerprint density at radius 1 is 1.00 bits per heavy atom. The van der Waals surface area contributed by atoms with E-state index in [-0.39, 0.29) is 4.90 Å². The molecule has 1 fully saturated rings. The van der Waals surface area contributed by atoms with Gasteiger partial charge in [-0.1, -0.05) is 0 Å². The standard InChI is InChI=1S/C20H24N6O3S/c1-15-13-17(5-6-18(15)29-3)30(27,28)25-11-9-24(10-12-25)19-14-20(23-16(2)22-19)26-8-4-7-21-26/h4-8,13-14H,9-12H2,1-3H3. The van der Waals surface area contributed by atoms with Crippen molar-refractivity contribution in [1.82, 2.24) is 24.1 Å². The fraction of sp³-hybridized carbons (Fsp3) is 0.350. The molecule has 10 heteroatoms. The van der Waals surface area contributed by atoms with Gasteiger partial charge >= 0.3 is 0 Å². The SMILES string of the molecule is COc1ccc(S(=O)(=O)N2CCN(c3cc(-n4cccn4)nc(C)n3)CC2)cc1C. The highest BCUT2D eigenvalue weighted by Crippen LogP contribution is 2.25. The lowest BCUT2D eigenvalue weighted by molar-refractivity contribution is 0.383. The maximum absolute atomic E-state index is 13.1. The molecular formula is C20H24N6O3S. The number of piperazine rings is 1. The van der Waals surface area contributed by atoms with Gasteiger partial charge in [0.1, 0.15) is 17.4 Å². The van der Waals surface area contributed by atoms with Crippen LogP contribution in [0.4, 0.5) is 5.82 Å². The molecule has 3 aromatic rings. The first-order valence-corrected chi connectivity index (χ1v) is 11.1. The molecule has 0 amide bonds. The second-order valence-electron chi connectivity index (χ2n) is 7.10. The number of ether oxygens (including phenoxy) is 1. The van der Waals surface area contributed by atoms with Gasteiger partial charge < -0.3 is 9.64 Å². The first-order valence-electron chi connectivity index (χ1n) is 9.64. The molecule has 0 N–H and O–H groups in total. The van der Waals surface area contributed by atoms with Gasteiger partial charge in [0.15, 0.2) is 5.82 Å². The number of methoxy groups -OCH3 is 1. The highest BCUT2D eigenvalue weighted by Gasteiger charge is 2.29. The zero-order chi connectivity index (χ0) is 21.3. The van der Waals surface area contributed by atoms with Crippen molar-refractivity contribution in [2.45, 2.75) is 18.7 Å². The van der Waals surface area contributed by atoms with E-state index in [9.17, 15) is 8.42 Å². The molecule has 1 aliphatic rings. The van der Waals surface area contributed by atoms with Gasteiger partial charge in [0.25, 0.3) is 0 Å². The Bertz CT molecular complexity index is 1140. The number of anilines is 1. The summed E-state index contributed by atoms with van der Waals surface area (Å²) < 4.78 is 34.6. The number of benzene rings is 1. The van der Waals surface area contributed by atoms with Crippen molar-refractivity contribution in [3.63, 3.8) is 0 Å². The molecule has 0 bridgehead atoms. The van der Waals surface area contributed by atoms with Crippen molar-refractivity contribution < 1.29 is 13.2 Å². The van der Waals surface area contributed by atoms with Gasteiger partial charge in [0.2, 0.25) is 10.0 Å². The summed E-state index contributed by atoms with van der Waals surface area (Å²) in [6, 6.07) is 8.65. The van der Waals surface area contributed by atoms with E-state index in [4.69, 9.17) is 4.74 Å². The molecule has 30 heavy (non-hydrogen) atoms. The molecule has 4 rings (SSSR count). The normalized spacial score (nSPS) is 15.4. The van der Waals surface area contributed by atoms with Gasteiger partial charge in [-0.25, -0.2) is 23.1 Å². The summed E-state index contributed by atoms with van der Waals surface area (Å²) in [7, 11) is -1.99. The Hall–Kier alpha value is -2.98. The number of hydrogen-bond donors (Lipinski definition) is 0. The summed E-state index contributed by atoms with van der Waals surface area (Å²) >= 11 is 0. The fourth-order valence-electron chi connectivity index (χ4n) is 3.54. The third kappa shape index (κ3) is 3.88. The molecule has 0 radical (unpaired) electrons. The Morgan fingerprint density at radius 2 is 1.73 bits per heavy atom. The number of nitrogens with zero attached hydrogens (tertiary/aromatic N) is 6. The molecule has 1 aromatic carbocycles. The molecule has 158 valence electrons. The summed E-state index contributed by atoms with van der Waals surface area (Å²) in [6.07, 6.45) is 3.52. The highest BCUT2D eigenvalue weighted by molar-refractivity contribution is 7.89. The number of sulfonamides is 1. The molecule has 0 saturated carbocycles. The van der Waals surface area contributed by atoms with Crippen molar-refractivity contribution in [3.8, 4) is 11.6 Å². The van der Waals surface area contributed by atoms with Crippen LogP contribution in [0.3, 0.4) is 0 Å². The number of rotatable bonds is 5.